The molecule has 0 radical (unpaired) electrons. The van der Waals surface area contributed by atoms with Gasteiger partial charge in [-0.25, -0.2) is 0 Å². The average Bonchev–Trinajstić information content (AvgIpc) is 2.47. The number of hydrogen-bond acceptors (Lipinski definition) is 2. The molecule has 2 aromatic rings. The van der Waals surface area contributed by atoms with Crippen LogP contribution in [-0.4, -0.2) is 13.7 Å². The molecule has 0 amide bonds. The average molecular weight is 400 g/mol. The largest absolute Gasteiger partial charge is 0.457 e. The van der Waals surface area contributed by atoms with Crippen molar-refractivity contribution in [3.63, 3.8) is 0 Å². The Kier molecular flexibility index (Phi) is 6.07. The standard InChI is InChI=1S/C16H16Br2O2/c1-19-9-8-12-2-6-15(7-3-12)20-16-10-14(18)5-4-13(16)11-17/h2-7,10H,8-9,11H2,1H3. The van der Waals surface area contributed by atoms with Crippen LogP contribution < -0.4 is 4.74 Å². The van der Waals surface area contributed by atoms with E-state index >= 15 is 0 Å². The van der Waals surface area contributed by atoms with Crippen LogP contribution in [0.15, 0.2) is 46.9 Å². The van der Waals surface area contributed by atoms with E-state index in [1.54, 1.807) is 7.11 Å². The third-order valence-corrected chi connectivity index (χ3v) is 4.02. The number of benzene rings is 2. The summed E-state index contributed by atoms with van der Waals surface area (Å²) < 4.78 is 12.0. The van der Waals surface area contributed by atoms with Gasteiger partial charge in [0.1, 0.15) is 11.5 Å². The van der Waals surface area contributed by atoms with Crippen molar-refractivity contribution in [2.24, 2.45) is 0 Å². The number of alkyl halides is 1. The van der Waals surface area contributed by atoms with Gasteiger partial charge in [-0.1, -0.05) is 50.1 Å². The van der Waals surface area contributed by atoms with Crippen molar-refractivity contribution in [3.8, 4) is 11.5 Å². The van der Waals surface area contributed by atoms with Crippen LogP contribution in [0.4, 0.5) is 0 Å². The summed E-state index contributed by atoms with van der Waals surface area (Å²) >= 11 is 6.95. The Morgan fingerprint density at radius 3 is 2.45 bits per heavy atom. The quantitative estimate of drug-likeness (QED) is 0.611. The van der Waals surface area contributed by atoms with Gasteiger partial charge >= 0.3 is 0 Å². The minimum atomic E-state index is 0.736. The number of rotatable bonds is 6. The van der Waals surface area contributed by atoms with E-state index in [1.807, 2.05) is 30.3 Å². The van der Waals surface area contributed by atoms with E-state index < -0.39 is 0 Å². The molecular formula is C16H16Br2O2. The van der Waals surface area contributed by atoms with Crippen molar-refractivity contribution < 1.29 is 9.47 Å². The van der Waals surface area contributed by atoms with Crippen molar-refractivity contribution in [2.75, 3.05) is 13.7 Å². The zero-order valence-corrected chi connectivity index (χ0v) is 14.4. The molecule has 0 atom stereocenters. The summed E-state index contributed by atoms with van der Waals surface area (Å²) in [5.41, 5.74) is 2.37. The zero-order valence-electron chi connectivity index (χ0n) is 11.2. The molecule has 0 saturated carbocycles. The molecule has 0 fully saturated rings. The molecule has 0 unspecified atom stereocenters. The van der Waals surface area contributed by atoms with E-state index in [1.165, 1.54) is 5.56 Å². The van der Waals surface area contributed by atoms with Gasteiger partial charge in [0.25, 0.3) is 0 Å². The molecule has 0 bridgehead atoms. The second-order valence-electron chi connectivity index (χ2n) is 4.37. The second kappa shape index (κ2) is 7.81. The van der Waals surface area contributed by atoms with E-state index in [2.05, 4.69) is 44.0 Å². The Morgan fingerprint density at radius 2 is 1.80 bits per heavy atom. The van der Waals surface area contributed by atoms with Crippen molar-refractivity contribution in [1.29, 1.82) is 0 Å². The number of ether oxygens (including phenoxy) is 2. The van der Waals surface area contributed by atoms with Crippen molar-refractivity contribution in [1.82, 2.24) is 0 Å². The maximum absolute atomic E-state index is 5.95. The van der Waals surface area contributed by atoms with Gasteiger partial charge in [-0.3, -0.25) is 0 Å². The summed E-state index contributed by atoms with van der Waals surface area (Å²) in [5.74, 6) is 1.70. The van der Waals surface area contributed by atoms with E-state index in [0.717, 1.165) is 39.9 Å². The smallest absolute Gasteiger partial charge is 0.132 e. The van der Waals surface area contributed by atoms with Gasteiger partial charge in [0, 0.05) is 22.5 Å². The molecule has 20 heavy (non-hydrogen) atoms. The Balaban J connectivity index is 2.11. The predicted octanol–water partition coefficient (Wildman–Crippen LogP) is 5.33. The van der Waals surface area contributed by atoms with Crippen molar-refractivity contribution >= 4 is 31.9 Å². The summed E-state index contributed by atoms with van der Waals surface area (Å²) in [4.78, 5) is 0. The first-order chi connectivity index (χ1) is 9.72. The highest BCUT2D eigenvalue weighted by molar-refractivity contribution is 9.10. The molecule has 0 saturated heterocycles. The highest BCUT2D eigenvalue weighted by Gasteiger charge is 2.05. The van der Waals surface area contributed by atoms with Crippen molar-refractivity contribution in [2.45, 2.75) is 11.8 Å². The molecule has 0 aliphatic carbocycles. The fourth-order valence-corrected chi connectivity index (χ4v) is 2.61. The maximum atomic E-state index is 5.95. The molecule has 0 heterocycles. The molecule has 2 aromatic carbocycles. The van der Waals surface area contributed by atoms with Gasteiger partial charge in [0.2, 0.25) is 0 Å². The Bertz CT molecular complexity index is 553. The summed E-state index contributed by atoms with van der Waals surface area (Å²) in [6.07, 6.45) is 0.917. The zero-order chi connectivity index (χ0) is 14.4. The molecule has 0 spiro atoms. The Labute approximate surface area is 136 Å². The van der Waals surface area contributed by atoms with Crippen molar-refractivity contribution in [3.05, 3.63) is 58.1 Å². The minimum absolute atomic E-state index is 0.736. The third-order valence-electron chi connectivity index (χ3n) is 2.92. The van der Waals surface area contributed by atoms with E-state index in [9.17, 15) is 0 Å². The number of hydrogen-bond donors (Lipinski definition) is 0. The molecule has 2 nitrogen and oxygen atoms in total. The summed E-state index contributed by atoms with van der Waals surface area (Å²) in [7, 11) is 1.71. The lowest BCUT2D eigenvalue weighted by Gasteiger charge is -2.11. The van der Waals surface area contributed by atoms with Gasteiger partial charge < -0.3 is 9.47 Å². The lowest BCUT2D eigenvalue weighted by atomic mass is 10.1. The van der Waals surface area contributed by atoms with Crippen LogP contribution >= 0.6 is 31.9 Å². The molecule has 0 aliphatic heterocycles. The van der Waals surface area contributed by atoms with E-state index in [4.69, 9.17) is 9.47 Å². The third kappa shape index (κ3) is 4.33. The highest BCUT2D eigenvalue weighted by atomic mass is 79.9. The van der Waals surface area contributed by atoms with Crippen LogP contribution in [0.5, 0.6) is 11.5 Å². The van der Waals surface area contributed by atoms with Gasteiger partial charge in [-0.2, -0.15) is 0 Å². The lowest BCUT2D eigenvalue weighted by molar-refractivity contribution is 0.202. The van der Waals surface area contributed by atoms with E-state index in [0.29, 0.717) is 0 Å². The first-order valence-corrected chi connectivity index (χ1v) is 8.24. The highest BCUT2D eigenvalue weighted by Crippen LogP contribution is 2.30. The molecule has 106 valence electrons. The van der Waals surface area contributed by atoms with Crippen LogP contribution in [0.1, 0.15) is 11.1 Å². The van der Waals surface area contributed by atoms with Gasteiger partial charge in [0.15, 0.2) is 0 Å². The number of halogens is 2. The predicted molar refractivity (Wildman–Crippen MR) is 88.9 cm³/mol. The Morgan fingerprint density at radius 1 is 1.05 bits per heavy atom. The van der Waals surface area contributed by atoms with Crippen LogP contribution in [0.25, 0.3) is 0 Å². The lowest BCUT2D eigenvalue weighted by Crippen LogP contribution is -1.94. The normalized spacial score (nSPS) is 10.6. The first kappa shape index (κ1) is 15.5. The first-order valence-electron chi connectivity index (χ1n) is 6.33. The van der Waals surface area contributed by atoms with Gasteiger partial charge in [-0.05, 0) is 36.2 Å². The SMILES string of the molecule is COCCc1ccc(Oc2cc(Br)ccc2CBr)cc1. The van der Waals surface area contributed by atoms with Gasteiger partial charge in [0.05, 0.1) is 6.61 Å². The van der Waals surface area contributed by atoms with Crippen LogP contribution in [0, 0.1) is 0 Å². The summed E-state index contributed by atoms with van der Waals surface area (Å²) in [5, 5.41) is 0.765. The van der Waals surface area contributed by atoms with Gasteiger partial charge in [-0.15, -0.1) is 0 Å². The number of methoxy groups -OCH3 is 1. The molecule has 0 aliphatic rings. The molecular weight excluding hydrogens is 384 g/mol. The van der Waals surface area contributed by atoms with Crippen LogP contribution in [0.3, 0.4) is 0 Å². The fraction of sp³-hybridized carbons (Fsp3) is 0.250. The molecule has 0 N–H and O–H groups in total. The molecule has 0 aromatic heterocycles. The summed E-state index contributed by atoms with van der Waals surface area (Å²) in [6.45, 7) is 0.736. The molecule has 2 rings (SSSR count). The molecule has 4 heteroatoms. The Hall–Kier alpha value is -0.840. The minimum Gasteiger partial charge on any atom is -0.457 e. The fourth-order valence-electron chi connectivity index (χ4n) is 1.80. The monoisotopic (exact) mass is 398 g/mol. The second-order valence-corrected chi connectivity index (χ2v) is 5.85. The maximum Gasteiger partial charge on any atom is 0.132 e. The van der Waals surface area contributed by atoms with E-state index in [-0.39, 0.29) is 0 Å². The topological polar surface area (TPSA) is 18.5 Å². The summed E-state index contributed by atoms with van der Waals surface area (Å²) in [6, 6.07) is 14.2. The van der Waals surface area contributed by atoms with Crippen LogP contribution in [-0.2, 0) is 16.5 Å². The van der Waals surface area contributed by atoms with Crippen LogP contribution in [0.2, 0.25) is 0 Å².